The first kappa shape index (κ1) is 14.5. The number of carbonyl (C=O) groups excluding carboxylic acids is 1. The molecular formula is C10H14ClNO3S2. The second-order valence-corrected chi connectivity index (χ2v) is 8.59. The molecule has 1 aromatic heterocycles. The van der Waals surface area contributed by atoms with Crippen LogP contribution in [0.25, 0.3) is 0 Å². The van der Waals surface area contributed by atoms with Gasteiger partial charge in [0.25, 0.3) is 9.05 Å². The van der Waals surface area contributed by atoms with Gasteiger partial charge in [-0.1, -0.05) is 0 Å². The first-order valence-corrected chi connectivity index (χ1v) is 8.05. The van der Waals surface area contributed by atoms with E-state index >= 15 is 0 Å². The maximum Gasteiger partial charge on any atom is 0.270 e. The van der Waals surface area contributed by atoms with Gasteiger partial charge in [-0.3, -0.25) is 4.79 Å². The summed E-state index contributed by atoms with van der Waals surface area (Å²) in [6.45, 7) is 5.65. The average molecular weight is 296 g/mol. The van der Waals surface area contributed by atoms with Gasteiger partial charge in [0.1, 0.15) is 4.21 Å². The van der Waals surface area contributed by atoms with E-state index in [-0.39, 0.29) is 22.1 Å². The quantitative estimate of drug-likeness (QED) is 0.869. The van der Waals surface area contributed by atoms with E-state index in [2.05, 4.69) is 5.32 Å². The molecule has 0 fully saturated rings. The predicted octanol–water partition coefficient (Wildman–Crippen LogP) is 2.13. The van der Waals surface area contributed by atoms with E-state index in [1.165, 1.54) is 6.07 Å². The van der Waals surface area contributed by atoms with Crippen molar-refractivity contribution < 1.29 is 13.2 Å². The number of nitrogens with one attached hydrogen (secondary N) is 1. The Bertz CT molecular complexity index is 514. The van der Waals surface area contributed by atoms with Gasteiger partial charge < -0.3 is 5.32 Å². The summed E-state index contributed by atoms with van der Waals surface area (Å²) in [5.41, 5.74) is -0.296. The molecule has 1 aromatic rings. The van der Waals surface area contributed by atoms with Crippen LogP contribution in [0, 0.1) is 0 Å². The Balaban J connectivity index is 2.71. The number of amides is 1. The van der Waals surface area contributed by atoms with Gasteiger partial charge in [-0.2, -0.15) is 0 Å². The molecule has 0 aliphatic rings. The summed E-state index contributed by atoms with van der Waals surface area (Å²) in [6.07, 6.45) is 0.161. The number of halogens is 1. The van der Waals surface area contributed by atoms with Crippen LogP contribution in [0.1, 0.15) is 25.6 Å². The molecule has 0 aliphatic carbocycles. The van der Waals surface area contributed by atoms with Crippen molar-refractivity contribution in [3.8, 4) is 0 Å². The molecule has 0 radical (unpaired) electrons. The molecule has 0 atom stereocenters. The van der Waals surface area contributed by atoms with Crippen LogP contribution >= 0.6 is 22.0 Å². The van der Waals surface area contributed by atoms with Gasteiger partial charge in [0.15, 0.2) is 0 Å². The highest BCUT2D eigenvalue weighted by Gasteiger charge is 2.17. The van der Waals surface area contributed by atoms with Crippen LogP contribution in [0.3, 0.4) is 0 Å². The molecule has 0 unspecified atom stereocenters. The molecule has 7 heteroatoms. The van der Waals surface area contributed by atoms with Crippen LogP contribution in [0.4, 0.5) is 0 Å². The van der Waals surface area contributed by atoms with Gasteiger partial charge in [0, 0.05) is 21.1 Å². The Hall–Kier alpha value is -0.590. The van der Waals surface area contributed by atoms with E-state index < -0.39 is 9.05 Å². The van der Waals surface area contributed by atoms with Crippen molar-refractivity contribution in [1.82, 2.24) is 5.32 Å². The molecule has 1 N–H and O–H groups in total. The third kappa shape index (κ3) is 5.06. The normalized spacial score (nSPS) is 12.5. The number of hydrogen-bond acceptors (Lipinski definition) is 4. The number of rotatable bonds is 3. The number of thiophene rings is 1. The summed E-state index contributed by atoms with van der Waals surface area (Å²) in [6, 6.07) is 3.01. The van der Waals surface area contributed by atoms with E-state index in [1.54, 1.807) is 6.07 Å². The third-order valence-corrected chi connectivity index (χ3v) is 4.90. The fraction of sp³-hybridized carbons (Fsp3) is 0.500. The lowest BCUT2D eigenvalue weighted by Crippen LogP contribution is -2.41. The molecule has 1 heterocycles. The van der Waals surface area contributed by atoms with Crippen molar-refractivity contribution in [2.24, 2.45) is 0 Å². The molecule has 1 amide bonds. The van der Waals surface area contributed by atoms with Crippen molar-refractivity contribution in [3.63, 3.8) is 0 Å². The summed E-state index contributed by atoms with van der Waals surface area (Å²) in [5, 5.41) is 2.80. The minimum absolute atomic E-state index is 0.0673. The van der Waals surface area contributed by atoms with Gasteiger partial charge in [-0.15, -0.1) is 11.3 Å². The van der Waals surface area contributed by atoms with Gasteiger partial charge >= 0.3 is 0 Å². The fourth-order valence-corrected chi connectivity index (χ4v) is 3.33. The molecule has 0 spiro atoms. The largest absolute Gasteiger partial charge is 0.351 e. The van der Waals surface area contributed by atoms with Crippen LogP contribution in [0.2, 0.25) is 0 Å². The molecule has 96 valence electrons. The van der Waals surface area contributed by atoms with Crippen LogP contribution in [0.5, 0.6) is 0 Å². The van der Waals surface area contributed by atoms with E-state index in [0.717, 1.165) is 11.3 Å². The zero-order valence-electron chi connectivity index (χ0n) is 9.78. The van der Waals surface area contributed by atoms with E-state index in [1.807, 2.05) is 20.8 Å². The molecule has 0 bridgehead atoms. The minimum Gasteiger partial charge on any atom is -0.351 e. The molecule has 0 aromatic carbocycles. The first-order valence-electron chi connectivity index (χ1n) is 4.92. The first-order chi connectivity index (χ1) is 7.58. The lowest BCUT2D eigenvalue weighted by Gasteiger charge is -2.20. The highest BCUT2D eigenvalue weighted by molar-refractivity contribution is 8.15. The maximum atomic E-state index is 11.6. The average Bonchev–Trinajstić information content (AvgIpc) is 2.47. The highest BCUT2D eigenvalue weighted by Crippen LogP contribution is 2.25. The lowest BCUT2D eigenvalue weighted by molar-refractivity contribution is -0.121. The summed E-state index contributed by atoms with van der Waals surface area (Å²) in [4.78, 5) is 12.3. The van der Waals surface area contributed by atoms with Crippen molar-refractivity contribution in [2.75, 3.05) is 0 Å². The Morgan fingerprint density at radius 3 is 2.41 bits per heavy atom. The topological polar surface area (TPSA) is 63.2 Å². The van der Waals surface area contributed by atoms with Gasteiger partial charge in [0.05, 0.1) is 6.42 Å². The summed E-state index contributed by atoms with van der Waals surface area (Å²) in [7, 11) is 1.50. The lowest BCUT2D eigenvalue weighted by atomic mass is 10.1. The minimum atomic E-state index is -3.69. The second-order valence-electron chi connectivity index (χ2n) is 4.63. The smallest absolute Gasteiger partial charge is 0.270 e. The molecule has 0 saturated heterocycles. The zero-order valence-corrected chi connectivity index (χ0v) is 12.2. The SMILES string of the molecule is CC(C)(C)NC(=O)Cc1ccc(S(=O)(=O)Cl)s1. The predicted molar refractivity (Wildman–Crippen MR) is 69.0 cm³/mol. The summed E-state index contributed by atoms with van der Waals surface area (Å²) in [5.74, 6) is -0.141. The third-order valence-electron chi connectivity index (χ3n) is 1.73. The van der Waals surface area contributed by atoms with Crippen LogP contribution in [-0.2, 0) is 20.3 Å². The summed E-state index contributed by atoms with van der Waals surface area (Å²) >= 11 is 1.01. The van der Waals surface area contributed by atoms with Crippen molar-refractivity contribution in [3.05, 3.63) is 17.0 Å². The second kappa shape index (κ2) is 4.96. The van der Waals surface area contributed by atoms with Gasteiger partial charge in [-0.25, -0.2) is 8.42 Å². The molecule has 0 saturated carbocycles. The monoisotopic (exact) mass is 295 g/mol. The van der Waals surface area contributed by atoms with Crippen LogP contribution < -0.4 is 5.32 Å². The zero-order chi connectivity index (χ0) is 13.3. The fourth-order valence-electron chi connectivity index (χ4n) is 1.20. The maximum absolute atomic E-state index is 11.6. The van der Waals surface area contributed by atoms with Crippen molar-refractivity contribution in [2.45, 2.75) is 36.9 Å². The number of hydrogen-bond donors (Lipinski definition) is 1. The van der Waals surface area contributed by atoms with E-state index in [9.17, 15) is 13.2 Å². The Morgan fingerprint density at radius 2 is 2.00 bits per heavy atom. The van der Waals surface area contributed by atoms with Crippen molar-refractivity contribution >= 4 is 37.0 Å². The molecule has 0 aliphatic heterocycles. The van der Waals surface area contributed by atoms with Crippen LogP contribution in [-0.4, -0.2) is 19.9 Å². The molecule has 17 heavy (non-hydrogen) atoms. The number of carbonyl (C=O) groups is 1. The highest BCUT2D eigenvalue weighted by atomic mass is 35.7. The van der Waals surface area contributed by atoms with Crippen LogP contribution in [0.15, 0.2) is 16.3 Å². The Morgan fingerprint density at radius 1 is 1.41 bits per heavy atom. The molecule has 1 rings (SSSR count). The Kier molecular flexibility index (Phi) is 4.22. The van der Waals surface area contributed by atoms with E-state index in [0.29, 0.717) is 4.88 Å². The summed E-state index contributed by atoms with van der Waals surface area (Å²) < 4.78 is 22.1. The molecule has 4 nitrogen and oxygen atoms in total. The van der Waals surface area contributed by atoms with Crippen molar-refractivity contribution in [1.29, 1.82) is 0 Å². The van der Waals surface area contributed by atoms with Gasteiger partial charge in [0.2, 0.25) is 5.91 Å². The van der Waals surface area contributed by atoms with E-state index in [4.69, 9.17) is 10.7 Å². The standard InChI is InChI=1S/C10H14ClNO3S2/c1-10(2,3)12-8(13)6-7-4-5-9(16-7)17(11,14)15/h4-5H,6H2,1-3H3,(H,12,13). The molecular weight excluding hydrogens is 282 g/mol. The Labute approximate surface area is 109 Å². The van der Waals surface area contributed by atoms with Gasteiger partial charge in [-0.05, 0) is 32.9 Å².